The predicted octanol–water partition coefficient (Wildman–Crippen LogP) is 1.74. The van der Waals surface area contributed by atoms with Crippen LogP contribution in [0.15, 0.2) is 12.4 Å². The van der Waals surface area contributed by atoms with Crippen LogP contribution in [-0.2, 0) is 30.8 Å². The van der Waals surface area contributed by atoms with Crippen LogP contribution in [0.1, 0.15) is 43.6 Å². The van der Waals surface area contributed by atoms with E-state index < -0.39 is 21.4 Å². The summed E-state index contributed by atoms with van der Waals surface area (Å²) in [5, 5.41) is 7.49. The van der Waals surface area contributed by atoms with Crippen LogP contribution in [0.5, 0.6) is 0 Å². The molecule has 1 aliphatic rings. The second kappa shape index (κ2) is 9.96. The van der Waals surface area contributed by atoms with E-state index in [1.54, 1.807) is 11.7 Å². The van der Waals surface area contributed by atoms with E-state index in [0.29, 0.717) is 24.1 Å². The van der Waals surface area contributed by atoms with Crippen LogP contribution < -0.4 is 4.72 Å². The van der Waals surface area contributed by atoms with Crippen molar-refractivity contribution in [1.82, 2.24) is 24.7 Å². The SMILES string of the molecule is COCc1nnc(NS(=O)(=O)[C@@H](C)[C@H](OC)c2ncc(Cl)cn2)n1C1CCOCC1. The lowest BCUT2D eigenvalue weighted by atomic mass is 10.1. The third-order valence-electron chi connectivity index (χ3n) is 4.89. The average Bonchev–Trinajstić information content (AvgIpc) is 3.12. The Bertz CT molecular complexity index is 933. The number of rotatable bonds is 9. The Morgan fingerprint density at radius 1 is 1.27 bits per heavy atom. The lowest BCUT2D eigenvalue weighted by Gasteiger charge is -2.27. The van der Waals surface area contributed by atoms with E-state index in [0.717, 1.165) is 12.8 Å². The average molecular weight is 461 g/mol. The minimum absolute atomic E-state index is 0.00438. The maximum absolute atomic E-state index is 13.1. The molecule has 0 unspecified atom stereocenters. The van der Waals surface area contributed by atoms with Crippen molar-refractivity contribution in [2.24, 2.45) is 0 Å². The number of hydrogen-bond acceptors (Lipinski definition) is 9. The molecule has 3 heterocycles. The van der Waals surface area contributed by atoms with E-state index in [4.69, 9.17) is 25.8 Å². The zero-order valence-electron chi connectivity index (χ0n) is 17.0. The van der Waals surface area contributed by atoms with Gasteiger partial charge in [-0.2, -0.15) is 0 Å². The summed E-state index contributed by atoms with van der Waals surface area (Å²) >= 11 is 5.82. The summed E-state index contributed by atoms with van der Waals surface area (Å²) < 4.78 is 46.6. The lowest BCUT2D eigenvalue weighted by Crippen LogP contribution is -2.34. The summed E-state index contributed by atoms with van der Waals surface area (Å²) in [6.45, 7) is 2.88. The van der Waals surface area contributed by atoms with Gasteiger partial charge in [0.05, 0.1) is 5.02 Å². The number of hydrogen-bond donors (Lipinski definition) is 1. The van der Waals surface area contributed by atoms with E-state index in [-0.39, 0.29) is 24.4 Å². The zero-order valence-corrected chi connectivity index (χ0v) is 18.6. The summed E-state index contributed by atoms with van der Waals surface area (Å²) in [5.74, 6) is 0.887. The van der Waals surface area contributed by atoms with Crippen molar-refractivity contribution in [1.29, 1.82) is 0 Å². The van der Waals surface area contributed by atoms with Gasteiger partial charge in [0, 0.05) is 45.9 Å². The highest BCUT2D eigenvalue weighted by Gasteiger charge is 2.35. The molecular weight excluding hydrogens is 436 g/mol. The molecule has 0 saturated carbocycles. The molecule has 3 rings (SSSR count). The normalized spacial score (nSPS) is 17.6. The van der Waals surface area contributed by atoms with Gasteiger partial charge in [-0.1, -0.05) is 11.6 Å². The van der Waals surface area contributed by atoms with Gasteiger partial charge < -0.3 is 14.2 Å². The number of nitrogens with one attached hydrogen (secondary N) is 1. The van der Waals surface area contributed by atoms with Gasteiger partial charge in [0.25, 0.3) is 0 Å². The van der Waals surface area contributed by atoms with Gasteiger partial charge in [-0.05, 0) is 19.8 Å². The Morgan fingerprint density at radius 3 is 2.53 bits per heavy atom. The Balaban J connectivity index is 1.87. The van der Waals surface area contributed by atoms with Gasteiger partial charge in [0.1, 0.15) is 18.0 Å². The van der Waals surface area contributed by atoms with Crippen LogP contribution in [-0.4, -0.2) is 65.8 Å². The van der Waals surface area contributed by atoms with Crippen molar-refractivity contribution in [2.75, 3.05) is 32.2 Å². The van der Waals surface area contributed by atoms with Gasteiger partial charge in [-0.25, -0.2) is 18.4 Å². The molecule has 2 aromatic heterocycles. The molecule has 2 atom stereocenters. The monoisotopic (exact) mass is 460 g/mol. The first-order valence-corrected chi connectivity index (χ1v) is 11.3. The van der Waals surface area contributed by atoms with E-state index in [1.165, 1.54) is 26.4 Å². The molecule has 0 aliphatic carbocycles. The summed E-state index contributed by atoms with van der Waals surface area (Å²) in [6, 6.07) is 0.00438. The number of halogens is 1. The van der Waals surface area contributed by atoms with Gasteiger partial charge in [-0.15, -0.1) is 10.2 Å². The number of ether oxygens (including phenoxy) is 3. The van der Waals surface area contributed by atoms with Crippen molar-refractivity contribution in [3.05, 3.63) is 29.1 Å². The molecule has 2 aromatic rings. The van der Waals surface area contributed by atoms with Crippen molar-refractivity contribution >= 4 is 27.6 Å². The van der Waals surface area contributed by atoms with Crippen LogP contribution in [0, 0.1) is 0 Å². The molecule has 30 heavy (non-hydrogen) atoms. The van der Waals surface area contributed by atoms with Gasteiger partial charge in [-0.3, -0.25) is 9.29 Å². The van der Waals surface area contributed by atoms with Crippen LogP contribution >= 0.6 is 11.6 Å². The minimum Gasteiger partial charge on any atom is -0.381 e. The second-order valence-electron chi connectivity index (χ2n) is 6.85. The summed E-state index contributed by atoms with van der Waals surface area (Å²) in [7, 11) is -0.985. The summed E-state index contributed by atoms with van der Waals surface area (Å²) in [6.07, 6.45) is 3.32. The van der Waals surface area contributed by atoms with Crippen LogP contribution in [0.25, 0.3) is 0 Å². The molecule has 0 aromatic carbocycles. The first-order valence-electron chi connectivity index (χ1n) is 9.39. The largest absolute Gasteiger partial charge is 0.381 e. The van der Waals surface area contributed by atoms with E-state index in [9.17, 15) is 8.42 Å². The third kappa shape index (κ3) is 5.06. The molecule has 0 spiro atoms. The standard InChI is InChI=1S/C17H25ClN6O5S/c1-11(15(28-3)16-19-8-12(18)9-20-16)30(25,26)23-17-22-21-14(10-27-2)24(17)13-4-6-29-7-5-13/h8-9,11,13,15H,4-7,10H2,1-3H3,(H,22,23)/t11-,15-/m0/s1. The maximum Gasteiger partial charge on any atom is 0.240 e. The number of nitrogens with zero attached hydrogens (tertiary/aromatic N) is 5. The first-order chi connectivity index (χ1) is 14.4. The fourth-order valence-corrected chi connectivity index (χ4v) is 4.54. The van der Waals surface area contributed by atoms with E-state index in [2.05, 4.69) is 24.9 Å². The summed E-state index contributed by atoms with van der Waals surface area (Å²) in [5.41, 5.74) is 0. The van der Waals surface area contributed by atoms with Crippen LogP contribution in [0.4, 0.5) is 5.95 Å². The van der Waals surface area contributed by atoms with Gasteiger partial charge in [0.2, 0.25) is 16.0 Å². The van der Waals surface area contributed by atoms with Crippen LogP contribution in [0.3, 0.4) is 0 Å². The number of methoxy groups -OCH3 is 2. The fourth-order valence-electron chi connectivity index (χ4n) is 3.31. The van der Waals surface area contributed by atoms with E-state index in [1.807, 2.05) is 0 Å². The van der Waals surface area contributed by atoms with Crippen molar-refractivity contribution in [2.45, 2.75) is 43.8 Å². The molecule has 1 aliphatic heterocycles. The van der Waals surface area contributed by atoms with Crippen LogP contribution in [0.2, 0.25) is 5.02 Å². The number of anilines is 1. The quantitative estimate of drug-likeness (QED) is 0.594. The molecule has 1 fully saturated rings. The third-order valence-corrected chi connectivity index (χ3v) is 6.78. The molecule has 13 heteroatoms. The molecule has 1 saturated heterocycles. The molecule has 0 amide bonds. The molecular formula is C17H25ClN6O5S. The Hall–Kier alpha value is -1.86. The first kappa shape index (κ1) is 22.8. The number of sulfonamides is 1. The predicted molar refractivity (Wildman–Crippen MR) is 109 cm³/mol. The molecule has 11 nitrogen and oxygen atoms in total. The molecule has 166 valence electrons. The van der Waals surface area contributed by atoms with Gasteiger partial charge in [0.15, 0.2) is 11.6 Å². The highest BCUT2D eigenvalue weighted by molar-refractivity contribution is 7.93. The lowest BCUT2D eigenvalue weighted by molar-refractivity contribution is 0.0672. The summed E-state index contributed by atoms with van der Waals surface area (Å²) in [4.78, 5) is 8.17. The highest BCUT2D eigenvalue weighted by atomic mass is 35.5. The smallest absolute Gasteiger partial charge is 0.240 e. The maximum atomic E-state index is 13.1. The minimum atomic E-state index is -3.93. The topological polar surface area (TPSA) is 130 Å². The molecule has 1 N–H and O–H groups in total. The van der Waals surface area contributed by atoms with Gasteiger partial charge >= 0.3 is 0 Å². The van der Waals surface area contributed by atoms with Crippen molar-refractivity contribution < 1.29 is 22.6 Å². The van der Waals surface area contributed by atoms with Crippen molar-refractivity contribution in [3.63, 3.8) is 0 Å². The fraction of sp³-hybridized carbons (Fsp3) is 0.647. The van der Waals surface area contributed by atoms with E-state index >= 15 is 0 Å². The van der Waals surface area contributed by atoms with Crippen molar-refractivity contribution in [3.8, 4) is 0 Å². The zero-order chi connectivity index (χ0) is 21.7. The highest BCUT2D eigenvalue weighted by Crippen LogP contribution is 2.29. The molecule has 0 bridgehead atoms. The second-order valence-corrected chi connectivity index (χ2v) is 9.33. The molecule has 0 radical (unpaired) electrons. The Morgan fingerprint density at radius 2 is 1.93 bits per heavy atom. The Labute approximate surface area is 180 Å². The Kier molecular flexibility index (Phi) is 7.58. The number of aromatic nitrogens is 5.